The van der Waals surface area contributed by atoms with Crippen molar-refractivity contribution in [1.82, 2.24) is 0 Å². The van der Waals surface area contributed by atoms with E-state index in [4.69, 9.17) is 10.5 Å². The van der Waals surface area contributed by atoms with Gasteiger partial charge in [-0.25, -0.2) is 0 Å². The molecule has 15 heavy (non-hydrogen) atoms. The van der Waals surface area contributed by atoms with Crippen LogP contribution in [0.15, 0.2) is 0 Å². The van der Waals surface area contributed by atoms with E-state index in [0.717, 1.165) is 19.6 Å². The van der Waals surface area contributed by atoms with Crippen molar-refractivity contribution < 1.29 is 4.74 Å². The van der Waals surface area contributed by atoms with Crippen LogP contribution in [-0.4, -0.2) is 19.3 Å². The Balaban J connectivity index is 1.99. The maximum atomic E-state index is 5.88. The van der Waals surface area contributed by atoms with Gasteiger partial charge in [-0.2, -0.15) is 0 Å². The first-order valence-corrected chi connectivity index (χ1v) is 6.46. The molecule has 0 heterocycles. The van der Waals surface area contributed by atoms with Gasteiger partial charge < -0.3 is 10.5 Å². The molecule has 0 aromatic rings. The van der Waals surface area contributed by atoms with Gasteiger partial charge in [0.1, 0.15) is 0 Å². The largest absolute Gasteiger partial charge is 0.378 e. The Morgan fingerprint density at radius 3 is 2.40 bits per heavy atom. The minimum atomic E-state index is 0.538. The molecule has 90 valence electrons. The van der Waals surface area contributed by atoms with Crippen molar-refractivity contribution >= 4 is 0 Å². The van der Waals surface area contributed by atoms with Crippen LogP contribution in [0.2, 0.25) is 0 Å². The van der Waals surface area contributed by atoms with Crippen LogP contribution in [0, 0.1) is 5.41 Å². The maximum absolute atomic E-state index is 5.88. The molecule has 1 aliphatic carbocycles. The smallest absolute Gasteiger partial charge is 0.0575 e. The van der Waals surface area contributed by atoms with Gasteiger partial charge in [-0.3, -0.25) is 0 Å². The zero-order valence-electron chi connectivity index (χ0n) is 10.4. The first-order chi connectivity index (χ1) is 7.14. The molecule has 0 spiro atoms. The number of rotatable bonds is 6. The van der Waals surface area contributed by atoms with Crippen molar-refractivity contribution in [3.63, 3.8) is 0 Å². The second kappa shape index (κ2) is 6.49. The van der Waals surface area contributed by atoms with E-state index in [1.165, 1.54) is 38.5 Å². The van der Waals surface area contributed by atoms with Crippen LogP contribution in [0.1, 0.15) is 58.8 Å². The summed E-state index contributed by atoms with van der Waals surface area (Å²) in [4.78, 5) is 0. The number of unbranched alkanes of at least 4 members (excludes halogenated alkanes) is 2. The van der Waals surface area contributed by atoms with Crippen LogP contribution in [0.25, 0.3) is 0 Å². The topological polar surface area (TPSA) is 35.2 Å². The van der Waals surface area contributed by atoms with Crippen molar-refractivity contribution in [2.24, 2.45) is 11.1 Å². The molecule has 0 aliphatic heterocycles. The second-order valence-corrected chi connectivity index (χ2v) is 5.58. The van der Waals surface area contributed by atoms with Crippen molar-refractivity contribution in [2.45, 2.75) is 64.9 Å². The summed E-state index contributed by atoms with van der Waals surface area (Å²) in [6, 6.07) is 0. The van der Waals surface area contributed by atoms with Crippen LogP contribution in [-0.2, 0) is 4.74 Å². The van der Waals surface area contributed by atoms with Gasteiger partial charge in [-0.05, 0) is 56.9 Å². The molecule has 1 rings (SSSR count). The fourth-order valence-electron chi connectivity index (χ4n) is 2.21. The molecule has 0 saturated heterocycles. The molecular weight excluding hydrogens is 186 g/mol. The molecular formula is C13H27NO. The lowest BCUT2D eigenvalue weighted by molar-refractivity contribution is 0.00281. The van der Waals surface area contributed by atoms with Crippen molar-refractivity contribution in [3.05, 3.63) is 0 Å². The molecule has 1 saturated carbocycles. The maximum Gasteiger partial charge on any atom is 0.0575 e. The summed E-state index contributed by atoms with van der Waals surface area (Å²) in [5, 5.41) is 0. The molecule has 2 heteroatoms. The van der Waals surface area contributed by atoms with E-state index in [-0.39, 0.29) is 0 Å². The van der Waals surface area contributed by atoms with Gasteiger partial charge >= 0.3 is 0 Å². The van der Waals surface area contributed by atoms with Crippen LogP contribution < -0.4 is 5.73 Å². The van der Waals surface area contributed by atoms with Crippen molar-refractivity contribution in [2.75, 3.05) is 13.2 Å². The van der Waals surface area contributed by atoms with E-state index in [0.29, 0.717) is 11.5 Å². The highest BCUT2D eigenvalue weighted by Gasteiger charge is 2.26. The number of hydrogen-bond donors (Lipinski definition) is 1. The lowest BCUT2D eigenvalue weighted by atomic mass is 9.76. The summed E-state index contributed by atoms with van der Waals surface area (Å²) in [6.07, 6.45) is 9.22. The highest BCUT2D eigenvalue weighted by Crippen LogP contribution is 2.36. The Bertz CT molecular complexity index is 158. The molecule has 0 unspecified atom stereocenters. The van der Waals surface area contributed by atoms with Gasteiger partial charge in [-0.1, -0.05) is 13.8 Å². The minimum Gasteiger partial charge on any atom is -0.378 e. The fraction of sp³-hybridized carbons (Fsp3) is 1.00. The summed E-state index contributed by atoms with van der Waals surface area (Å²) in [6.45, 7) is 6.48. The molecule has 0 amide bonds. The minimum absolute atomic E-state index is 0.538. The van der Waals surface area contributed by atoms with Crippen LogP contribution in [0.3, 0.4) is 0 Å². The Morgan fingerprint density at radius 1 is 1.13 bits per heavy atom. The van der Waals surface area contributed by atoms with Gasteiger partial charge in [0.25, 0.3) is 0 Å². The third kappa shape index (κ3) is 5.53. The van der Waals surface area contributed by atoms with Crippen LogP contribution in [0.4, 0.5) is 0 Å². The zero-order chi connectivity index (χ0) is 11.1. The summed E-state index contributed by atoms with van der Waals surface area (Å²) in [7, 11) is 0. The predicted molar refractivity (Wildman–Crippen MR) is 64.9 cm³/mol. The van der Waals surface area contributed by atoms with E-state index in [2.05, 4.69) is 13.8 Å². The molecule has 0 bridgehead atoms. The van der Waals surface area contributed by atoms with Crippen LogP contribution >= 0.6 is 0 Å². The quantitative estimate of drug-likeness (QED) is 0.688. The number of hydrogen-bond acceptors (Lipinski definition) is 2. The summed E-state index contributed by atoms with van der Waals surface area (Å²) >= 11 is 0. The average molecular weight is 213 g/mol. The van der Waals surface area contributed by atoms with Crippen molar-refractivity contribution in [1.29, 1.82) is 0 Å². The molecule has 1 fully saturated rings. The van der Waals surface area contributed by atoms with Gasteiger partial charge in [0.15, 0.2) is 0 Å². The standard InChI is InChI=1S/C13H27NO/c1-13(2)8-6-12(7-9-13)15-11-5-3-4-10-14/h12H,3-11,14H2,1-2H3. The lowest BCUT2D eigenvalue weighted by Gasteiger charge is -2.34. The molecule has 2 nitrogen and oxygen atoms in total. The average Bonchev–Trinajstić information content (AvgIpc) is 2.20. The van der Waals surface area contributed by atoms with Gasteiger partial charge in [0.05, 0.1) is 6.10 Å². The van der Waals surface area contributed by atoms with Gasteiger partial charge in [0, 0.05) is 6.61 Å². The molecule has 2 N–H and O–H groups in total. The van der Waals surface area contributed by atoms with E-state index < -0.39 is 0 Å². The monoisotopic (exact) mass is 213 g/mol. The zero-order valence-corrected chi connectivity index (χ0v) is 10.4. The summed E-state index contributed by atoms with van der Waals surface area (Å²) in [5.41, 5.74) is 6.00. The van der Waals surface area contributed by atoms with Crippen LogP contribution in [0.5, 0.6) is 0 Å². The molecule has 0 aromatic carbocycles. The first kappa shape index (κ1) is 13.0. The summed E-state index contributed by atoms with van der Waals surface area (Å²) < 4.78 is 5.88. The number of nitrogens with two attached hydrogens (primary N) is 1. The van der Waals surface area contributed by atoms with E-state index in [1.807, 2.05) is 0 Å². The SMILES string of the molecule is CC1(C)CCC(OCCCCCN)CC1. The highest BCUT2D eigenvalue weighted by atomic mass is 16.5. The van der Waals surface area contributed by atoms with Gasteiger partial charge in [0.2, 0.25) is 0 Å². The Kier molecular flexibility index (Phi) is 5.62. The van der Waals surface area contributed by atoms with E-state index in [1.54, 1.807) is 0 Å². The normalized spacial score (nSPS) is 21.8. The third-order valence-corrected chi connectivity index (χ3v) is 3.49. The first-order valence-electron chi connectivity index (χ1n) is 6.46. The molecule has 0 aromatic heterocycles. The Labute approximate surface area is 94.6 Å². The molecule has 1 aliphatic rings. The fourth-order valence-corrected chi connectivity index (χ4v) is 2.21. The lowest BCUT2D eigenvalue weighted by Crippen LogP contribution is -2.26. The van der Waals surface area contributed by atoms with E-state index >= 15 is 0 Å². The summed E-state index contributed by atoms with van der Waals surface area (Å²) in [5.74, 6) is 0. The molecule has 0 radical (unpaired) electrons. The van der Waals surface area contributed by atoms with Gasteiger partial charge in [-0.15, -0.1) is 0 Å². The Hall–Kier alpha value is -0.0800. The third-order valence-electron chi connectivity index (χ3n) is 3.49. The Morgan fingerprint density at radius 2 is 1.80 bits per heavy atom. The second-order valence-electron chi connectivity index (χ2n) is 5.58. The number of ether oxygens (including phenoxy) is 1. The molecule has 0 atom stereocenters. The highest BCUT2D eigenvalue weighted by molar-refractivity contribution is 4.78. The van der Waals surface area contributed by atoms with E-state index in [9.17, 15) is 0 Å². The predicted octanol–water partition coefficient (Wildman–Crippen LogP) is 3.10. The van der Waals surface area contributed by atoms with Crippen molar-refractivity contribution in [3.8, 4) is 0 Å².